The third-order valence-electron chi connectivity index (χ3n) is 2.57. The van der Waals surface area contributed by atoms with Crippen LogP contribution >= 0.6 is 0 Å². The maximum Gasteiger partial charge on any atom is 0.234 e. The minimum atomic E-state index is 0.0432. The molecule has 1 atom stereocenters. The molecule has 0 aromatic carbocycles. The first-order chi connectivity index (χ1) is 7.22. The van der Waals surface area contributed by atoms with Gasteiger partial charge in [-0.1, -0.05) is 0 Å². The highest BCUT2D eigenvalue weighted by Crippen LogP contribution is 2.04. The van der Waals surface area contributed by atoms with Gasteiger partial charge in [0.1, 0.15) is 0 Å². The van der Waals surface area contributed by atoms with E-state index in [0.717, 1.165) is 19.5 Å². The number of likely N-dealkylation sites (N-methyl/N-ethyl adjacent to an activating group) is 1. The van der Waals surface area contributed by atoms with E-state index in [1.54, 1.807) is 7.11 Å². The first-order valence-corrected chi connectivity index (χ1v) is 5.40. The molecule has 1 amide bonds. The van der Waals surface area contributed by atoms with Crippen LogP contribution in [0.3, 0.4) is 0 Å². The highest BCUT2D eigenvalue weighted by atomic mass is 16.5. The predicted octanol–water partition coefficient (Wildman–Crippen LogP) is -0.957. The zero-order valence-electron chi connectivity index (χ0n) is 9.58. The number of ether oxygens (including phenoxy) is 1. The van der Waals surface area contributed by atoms with Gasteiger partial charge in [0.2, 0.25) is 5.91 Å². The van der Waals surface area contributed by atoms with Gasteiger partial charge in [-0.2, -0.15) is 0 Å². The lowest BCUT2D eigenvalue weighted by Gasteiger charge is -2.12. The summed E-state index contributed by atoms with van der Waals surface area (Å²) < 4.78 is 4.84. The Balaban J connectivity index is 2.01. The number of nitrogens with one attached hydrogen (secondary N) is 2. The minimum Gasteiger partial charge on any atom is -0.383 e. The van der Waals surface area contributed by atoms with Gasteiger partial charge in [0.15, 0.2) is 0 Å². The van der Waals surface area contributed by atoms with Gasteiger partial charge in [0.25, 0.3) is 0 Å². The van der Waals surface area contributed by atoms with E-state index in [1.807, 2.05) is 0 Å². The standard InChI is InChI=1S/C10H21N3O2/c1-13-5-3-9(8-13)12-7-10(14)11-4-6-15-2/h9,12H,3-8H2,1-2H3,(H,11,14). The molecule has 5 nitrogen and oxygen atoms in total. The number of carbonyl (C=O) groups excluding carboxylic acids is 1. The molecule has 0 aromatic heterocycles. The monoisotopic (exact) mass is 215 g/mol. The van der Waals surface area contributed by atoms with E-state index in [-0.39, 0.29) is 5.91 Å². The fourth-order valence-electron chi connectivity index (χ4n) is 1.69. The molecule has 1 aliphatic heterocycles. The molecule has 1 heterocycles. The number of carbonyl (C=O) groups is 1. The first-order valence-electron chi connectivity index (χ1n) is 5.40. The predicted molar refractivity (Wildman–Crippen MR) is 58.8 cm³/mol. The highest BCUT2D eigenvalue weighted by molar-refractivity contribution is 5.77. The third-order valence-corrected chi connectivity index (χ3v) is 2.57. The van der Waals surface area contributed by atoms with Crippen LogP contribution in [0.5, 0.6) is 0 Å². The smallest absolute Gasteiger partial charge is 0.234 e. The summed E-state index contributed by atoms with van der Waals surface area (Å²) in [6.07, 6.45) is 1.13. The second-order valence-electron chi connectivity index (χ2n) is 3.97. The Morgan fingerprint density at radius 3 is 3.00 bits per heavy atom. The molecule has 1 rings (SSSR count). The summed E-state index contributed by atoms with van der Waals surface area (Å²) in [5, 5.41) is 6.02. The summed E-state index contributed by atoms with van der Waals surface area (Å²) in [5.41, 5.74) is 0. The van der Waals surface area contributed by atoms with Crippen molar-refractivity contribution in [3.8, 4) is 0 Å². The summed E-state index contributed by atoms with van der Waals surface area (Å²) >= 11 is 0. The Morgan fingerprint density at radius 2 is 2.40 bits per heavy atom. The van der Waals surface area contributed by atoms with Crippen LogP contribution in [0.4, 0.5) is 0 Å². The third kappa shape index (κ3) is 5.11. The van der Waals surface area contributed by atoms with Crippen molar-refractivity contribution in [2.75, 3.05) is 46.9 Å². The lowest BCUT2D eigenvalue weighted by Crippen LogP contribution is -2.41. The molecule has 2 N–H and O–H groups in total. The summed E-state index contributed by atoms with van der Waals surface area (Å²) in [7, 11) is 3.72. The van der Waals surface area contributed by atoms with Crippen LogP contribution in [-0.2, 0) is 9.53 Å². The summed E-state index contributed by atoms with van der Waals surface area (Å²) in [6, 6.07) is 0.461. The second-order valence-corrected chi connectivity index (χ2v) is 3.97. The van der Waals surface area contributed by atoms with Crippen molar-refractivity contribution in [1.29, 1.82) is 0 Å². The fraction of sp³-hybridized carbons (Fsp3) is 0.900. The molecule has 0 bridgehead atoms. The van der Waals surface area contributed by atoms with Gasteiger partial charge in [-0.3, -0.25) is 4.79 Å². The summed E-state index contributed by atoms with van der Waals surface area (Å²) in [4.78, 5) is 13.6. The number of amides is 1. The zero-order chi connectivity index (χ0) is 11.1. The number of rotatable bonds is 6. The van der Waals surface area contributed by atoms with Gasteiger partial charge in [-0.15, -0.1) is 0 Å². The van der Waals surface area contributed by atoms with Crippen molar-refractivity contribution in [3.05, 3.63) is 0 Å². The zero-order valence-corrected chi connectivity index (χ0v) is 9.58. The van der Waals surface area contributed by atoms with Gasteiger partial charge < -0.3 is 20.3 Å². The summed E-state index contributed by atoms with van der Waals surface area (Å²) in [5.74, 6) is 0.0432. The minimum absolute atomic E-state index is 0.0432. The highest BCUT2D eigenvalue weighted by Gasteiger charge is 2.19. The normalized spacial score (nSPS) is 21.9. The molecule has 1 saturated heterocycles. The van der Waals surface area contributed by atoms with Crippen molar-refractivity contribution < 1.29 is 9.53 Å². The van der Waals surface area contributed by atoms with Crippen molar-refractivity contribution in [2.45, 2.75) is 12.5 Å². The van der Waals surface area contributed by atoms with Gasteiger partial charge >= 0.3 is 0 Å². The average Bonchev–Trinajstić information content (AvgIpc) is 2.62. The van der Waals surface area contributed by atoms with Crippen molar-refractivity contribution in [3.63, 3.8) is 0 Å². The van der Waals surface area contributed by atoms with Crippen LogP contribution in [0.15, 0.2) is 0 Å². The van der Waals surface area contributed by atoms with Gasteiger partial charge in [-0.25, -0.2) is 0 Å². The molecule has 0 spiro atoms. The largest absolute Gasteiger partial charge is 0.383 e. The topological polar surface area (TPSA) is 53.6 Å². The number of nitrogens with zero attached hydrogens (tertiary/aromatic N) is 1. The molecule has 1 fully saturated rings. The number of likely N-dealkylation sites (tertiary alicyclic amines) is 1. The quantitative estimate of drug-likeness (QED) is 0.561. The van der Waals surface area contributed by atoms with Gasteiger partial charge in [0.05, 0.1) is 13.2 Å². The number of hydrogen-bond acceptors (Lipinski definition) is 4. The van der Waals surface area contributed by atoms with E-state index in [0.29, 0.717) is 25.7 Å². The molecule has 5 heteroatoms. The van der Waals surface area contributed by atoms with E-state index in [2.05, 4.69) is 22.6 Å². The molecular weight excluding hydrogens is 194 g/mol. The van der Waals surface area contributed by atoms with Gasteiger partial charge in [-0.05, 0) is 20.0 Å². The molecule has 88 valence electrons. The maximum atomic E-state index is 11.3. The van der Waals surface area contributed by atoms with E-state index in [9.17, 15) is 4.79 Å². The summed E-state index contributed by atoms with van der Waals surface area (Å²) in [6.45, 7) is 3.70. The van der Waals surface area contributed by atoms with Crippen molar-refractivity contribution in [1.82, 2.24) is 15.5 Å². The number of hydrogen-bond donors (Lipinski definition) is 2. The van der Waals surface area contributed by atoms with Crippen LogP contribution in [0, 0.1) is 0 Å². The van der Waals surface area contributed by atoms with E-state index >= 15 is 0 Å². The Kier molecular flexibility index (Phi) is 5.60. The van der Waals surface area contributed by atoms with E-state index < -0.39 is 0 Å². The molecule has 1 unspecified atom stereocenters. The van der Waals surface area contributed by atoms with Crippen molar-refractivity contribution >= 4 is 5.91 Å². The van der Waals surface area contributed by atoms with Crippen molar-refractivity contribution in [2.24, 2.45) is 0 Å². The molecule has 0 aromatic rings. The maximum absolute atomic E-state index is 11.3. The van der Waals surface area contributed by atoms with Crippen LogP contribution in [0.2, 0.25) is 0 Å². The Labute approximate surface area is 91.2 Å². The molecule has 0 radical (unpaired) electrons. The Bertz CT molecular complexity index is 199. The lowest BCUT2D eigenvalue weighted by atomic mass is 10.2. The molecule has 15 heavy (non-hydrogen) atoms. The van der Waals surface area contributed by atoms with Crippen LogP contribution in [0.1, 0.15) is 6.42 Å². The number of methoxy groups -OCH3 is 1. The first kappa shape index (κ1) is 12.4. The van der Waals surface area contributed by atoms with Crippen LogP contribution < -0.4 is 10.6 Å². The Hall–Kier alpha value is -0.650. The molecule has 0 aliphatic carbocycles. The van der Waals surface area contributed by atoms with E-state index in [4.69, 9.17) is 4.74 Å². The fourth-order valence-corrected chi connectivity index (χ4v) is 1.69. The average molecular weight is 215 g/mol. The molecule has 0 saturated carbocycles. The molecular formula is C10H21N3O2. The second kappa shape index (κ2) is 6.76. The SMILES string of the molecule is COCCNC(=O)CNC1CCN(C)C1. The van der Waals surface area contributed by atoms with Gasteiger partial charge in [0, 0.05) is 26.2 Å². The van der Waals surface area contributed by atoms with E-state index in [1.165, 1.54) is 0 Å². The lowest BCUT2D eigenvalue weighted by molar-refractivity contribution is -0.120. The van der Waals surface area contributed by atoms with Crippen LogP contribution in [0.25, 0.3) is 0 Å². The molecule has 1 aliphatic rings. The Morgan fingerprint density at radius 1 is 1.60 bits per heavy atom. The van der Waals surface area contributed by atoms with Crippen LogP contribution in [-0.4, -0.2) is 63.8 Å².